The predicted octanol–water partition coefficient (Wildman–Crippen LogP) is -3.59. The van der Waals surface area contributed by atoms with E-state index in [1.807, 2.05) is 0 Å². The third-order valence-corrected chi connectivity index (χ3v) is 7.25. The number of aromatic amines is 1. The summed E-state index contributed by atoms with van der Waals surface area (Å²) >= 11 is 0. The lowest BCUT2D eigenvalue weighted by atomic mass is 10.2. The predicted molar refractivity (Wildman–Crippen MR) is 85.6 cm³/mol. The molecule has 0 amide bonds. The number of imidazole rings is 1. The zero-order valence-corrected chi connectivity index (χ0v) is 16.8. The van der Waals surface area contributed by atoms with Gasteiger partial charge in [-0.25, -0.2) is 13.6 Å². The average Bonchev–Trinajstić information content (AvgIpc) is 3.07. The van der Waals surface area contributed by atoms with Gasteiger partial charge in [0.05, 0.1) is 12.9 Å². The second-order valence-corrected chi connectivity index (χ2v) is 9.90. The van der Waals surface area contributed by atoms with E-state index in [4.69, 9.17) is 15.4 Å². The van der Waals surface area contributed by atoms with Crippen molar-refractivity contribution in [2.24, 2.45) is 0 Å². The van der Waals surface area contributed by atoms with Crippen LogP contribution in [0.4, 0.5) is 5.95 Å². The molecule has 1 saturated heterocycles. The van der Waals surface area contributed by atoms with Crippen molar-refractivity contribution in [2.75, 3.05) is 12.3 Å². The number of hydrogen-bond acceptors (Lipinski definition) is 15. The van der Waals surface area contributed by atoms with E-state index in [9.17, 15) is 38.3 Å². The van der Waals surface area contributed by atoms with Crippen molar-refractivity contribution in [2.45, 2.75) is 18.4 Å². The van der Waals surface area contributed by atoms with Crippen LogP contribution in [0.2, 0.25) is 0 Å². The van der Waals surface area contributed by atoms with Gasteiger partial charge in [0.2, 0.25) is 5.95 Å². The fourth-order valence-corrected chi connectivity index (χ4v) is 5.54. The van der Waals surface area contributed by atoms with E-state index >= 15 is 0 Å². The molecule has 6 atom stereocenters. The minimum Gasteiger partial charge on any atom is -0.756 e. The first-order valence-corrected chi connectivity index (χ1v) is 11.9. The molecule has 18 nitrogen and oxygen atoms in total. The Morgan fingerprint density at radius 2 is 1.93 bits per heavy atom. The zero-order chi connectivity index (χ0) is 22.5. The van der Waals surface area contributed by atoms with Crippen molar-refractivity contribution in [1.29, 1.82) is 0 Å². The molecular formula is C9H11N5O13P3-3. The average molecular weight is 490 g/mol. The van der Waals surface area contributed by atoms with Crippen LogP contribution in [0, 0.1) is 0 Å². The fourth-order valence-electron chi connectivity index (χ4n) is 2.49. The lowest BCUT2D eigenvalue weighted by Gasteiger charge is -2.34. The summed E-state index contributed by atoms with van der Waals surface area (Å²) in [5.74, 6) is -0.280. The number of anilines is 1. The zero-order valence-electron chi connectivity index (χ0n) is 14.2. The highest BCUT2D eigenvalue weighted by Crippen LogP contribution is 2.62. The van der Waals surface area contributed by atoms with E-state index in [-0.39, 0.29) is 17.1 Å². The van der Waals surface area contributed by atoms with Crippen LogP contribution in [-0.4, -0.2) is 48.3 Å². The van der Waals surface area contributed by atoms with Gasteiger partial charge in [-0.05, 0) is 0 Å². The Bertz CT molecular complexity index is 1160. The Morgan fingerprint density at radius 3 is 2.57 bits per heavy atom. The molecule has 1 fully saturated rings. The Morgan fingerprint density at radius 1 is 1.27 bits per heavy atom. The second-order valence-electron chi connectivity index (χ2n) is 5.66. The SMILES string of the molecule is Nc1nc2c(ncn2[C@@H]2OCC(OP(=O)([O-])OP(=O)([O-])OP(=O)([O-])O)C2O)c(=O)[nH]1. The molecule has 21 heteroatoms. The van der Waals surface area contributed by atoms with Crippen molar-refractivity contribution < 1.29 is 56.3 Å². The van der Waals surface area contributed by atoms with E-state index < -0.39 is 54.1 Å². The molecule has 3 rings (SSSR count). The van der Waals surface area contributed by atoms with Crippen LogP contribution in [0.1, 0.15) is 6.23 Å². The van der Waals surface area contributed by atoms with Gasteiger partial charge in [0.1, 0.15) is 12.2 Å². The quantitative estimate of drug-likeness (QED) is 0.273. The van der Waals surface area contributed by atoms with Gasteiger partial charge < -0.3 is 39.7 Å². The Labute approximate surface area is 164 Å². The third-order valence-electron chi connectivity index (χ3n) is 3.50. The normalized spacial score (nSPS) is 28.1. The number of hydrogen-bond donors (Lipinski definition) is 4. The van der Waals surface area contributed by atoms with Crippen LogP contribution < -0.4 is 26.0 Å². The Kier molecular flexibility index (Phi) is 6.07. The summed E-state index contributed by atoms with van der Waals surface area (Å²) < 4.78 is 50.6. The van der Waals surface area contributed by atoms with Gasteiger partial charge in [-0.15, -0.1) is 0 Å². The molecule has 30 heavy (non-hydrogen) atoms. The minimum atomic E-state index is -6.10. The number of fused-ring (bicyclic) bond motifs is 1. The molecule has 0 spiro atoms. The van der Waals surface area contributed by atoms with Gasteiger partial charge >= 0.3 is 0 Å². The highest BCUT2D eigenvalue weighted by Gasteiger charge is 2.41. The van der Waals surface area contributed by atoms with E-state index in [0.717, 1.165) is 10.9 Å². The van der Waals surface area contributed by atoms with E-state index in [1.54, 1.807) is 0 Å². The van der Waals surface area contributed by atoms with Crippen molar-refractivity contribution in [3.63, 3.8) is 0 Å². The number of aliphatic hydroxyl groups excluding tert-OH is 1. The van der Waals surface area contributed by atoms with Crippen LogP contribution in [0.3, 0.4) is 0 Å². The number of nitrogens with one attached hydrogen (secondary N) is 1. The van der Waals surface area contributed by atoms with Crippen molar-refractivity contribution >= 4 is 40.6 Å². The van der Waals surface area contributed by atoms with Gasteiger partial charge in [0.25, 0.3) is 29.0 Å². The van der Waals surface area contributed by atoms with Gasteiger partial charge in [0, 0.05) is 0 Å². The molecule has 1 aliphatic heterocycles. The van der Waals surface area contributed by atoms with E-state index in [1.165, 1.54) is 0 Å². The Hall–Kier alpha value is -1.52. The number of phosphoric ester groups is 1. The maximum absolute atomic E-state index is 11.8. The topological polar surface area (TPSA) is 287 Å². The number of H-pyrrole nitrogens is 1. The standard InChI is InChI=1S/C9H14N5O13P3/c10-9-12-6-4(7(16)13-9)11-2-14(6)8-5(15)3(1-24-8)25-29(20,21)27-30(22,23)26-28(17,18)19/h2-3,5,8,15H,1H2,(H,20,21)(H,22,23)(H2,17,18,19)(H3,10,12,13,16)/p-3/t3?,5?,8-/m1/s1. The van der Waals surface area contributed by atoms with Crippen LogP contribution in [-0.2, 0) is 31.6 Å². The number of nitrogens with two attached hydrogens (primary N) is 1. The maximum atomic E-state index is 11.8. The van der Waals surface area contributed by atoms with Gasteiger partial charge in [-0.1, -0.05) is 0 Å². The molecule has 2 aromatic rings. The van der Waals surface area contributed by atoms with Crippen LogP contribution in [0.25, 0.3) is 11.2 Å². The molecule has 5 N–H and O–H groups in total. The first-order chi connectivity index (χ1) is 13.7. The second kappa shape index (κ2) is 7.87. The van der Waals surface area contributed by atoms with Gasteiger partial charge in [-0.3, -0.25) is 28.0 Å². The highest BCUT2D eigenvalue weighted by atomic mass is 31.3. The van der Waals surface area contributed by atoms with E-state index in [0.29, 0.717) is 0 Å². The molecule has 1 aliphatic rings. The lowest BCUT2D eigenvalue weighted by Crippen LogP contribution is -2.31. The minimum absolute atomic E-state index is 0.117. The van der Waals surface area contributed by atoms with Crippen LogP contribution >= 0.6 is 23.5 Å². The molecule has 3 heterocycles. The van der Waals surface area contributed by atoms with Crippen molar-refractivity contribution in [3.05, 3.63) is 16.7 Å². The highest BCUT2D eigenvalue weighted by molar-refractivity contribution is 7.65. The summed E-state index contributed by atoms with van der Waals surface area (Å²) in [7, 11) is -17.8. The molecule has 2 aromatic heterocycles. The van der Waals surface area contributed by atoms with Crippen LogP contribution in [0.15, 0.2) is 11.1 Å². The smallest absolute Gasteiger partial charge is 0.280 e. The number of phosphoric acid groups is 3. The summed E-state index contributed by atoms with van der Waals surface area (Å²) in [5, 5.41) is 10.3. The van der Waals surface area contributed by atoms with Crippen molar-refractivity contribution in [3.8, 4) is 0 Å². The summed E-state index contributed by atoms with van der Waals surface area (Å²) in [5.41, 5.74) is 4.46. The molecule has 168 valence electrons. The van der Waals surface area contributed by atoms with Crippen LogP contribution in [0.5, 0.6) is 0 Å². The number of ether oxygens (including phenoxy) is 1. The molecule has 0 aromatic carbocycles. The summed E-state index contributed by atoms with van der Waals surface area (Å²) in [6.45, 7) is -0.621. The van der Waals surface area contributed by atoms with Gasteiger partial charge in [0.15, 0.2) is 17.4 Å². The summed E-state index contributed by atoms with van der Waals surface area (Å²) in [6, 6.07) is 0. The number of nitrogen functional groups attached to an aromatic ring is 1. The van der Waals surface area contributed by atoms with Crippen molar-refractivity contribution in [1.82, 2.24) is 19.5 Å². The molecular weight excluding hydrogens is 479 g/mol. The molecule has 5 unspecified atom stereocenters. The molecule has 0 saturated carbocycles. The number of rotatable bonds is 7. The van der Waals surface area contributed by atoms with E-state index in [2.05, 4.69) is 28.1 Å². The summed E-state index contributed by atoms with van der Waals surface area (Å²) in [4.78, 5) is 63.3. The fraction of sp³-hybridized carbons (Fsp3) is 0.444. The number of aliphatic hydroxyl groups is 1. The molecule has 0 bridgehead atoms. The molecule has 0 radical (unpaired) electrons. The first-order valence-electron chi connectivity index (χ1n) is 7.46. The Balaban J connectivity index is 1.77. The molecule has 0 aliphatic carbocycles. The maximum Gasteiger partial charge on any atom is 0.280 e. The van der Waals surface area contributed by atoms with Gasteiger partial charge in [-0.2, -0.15) is 4.98 Å². The lowest BCUT2D eigenvalue weighted by molar-refractivity contribution is -0.251. The number of nitrogens with zero attached hydrogens (tertiary/aromatic N) is 3. The first kappa shape index (κ1) is 23.1. The largest absolute Gasteiger partial charge is 0.756 e. The monoisotopic (exact) mass is 490 g/mol. The number of aromatic nitrogens is 4. The third kappa shape index (κ3) is 5.20. The summed E-state index contributed by atoms with van der Waals surface area (Å²) in [6.07, 6.45) is -3.86.